The van der Waals surface area contributed by atoms with Gasteiger partial charge < -0.3 is 10.3 Å². The van der Waals surface area contributed by atoms with Gasteiger partial charge in [-0.2, -0.15) is 0 Å². The molecule has 0 aromatic carbocycles. The molecule has 0 spiro atoms. The summed E-state index contributed by atoms with van der Waals surface area (Å²) in [5, 5.41) is 21.1. The maximum Gasteiger partial charge on any atom is 0.300 e. The quantitative estimate of drug-likeness (QED) is 0.352. The predicted molar refractivity (Wildman–Crippen MR) is 22.1 cm³/mol. The number of hydrogen-bond donors (Lipinski definition) is 2. The fourth-order valence-corrected chi connectivity index (χ4v) is 0. The Morgan fingerprint density at radius 2 is 1.50 bits per heavy atom. The second-order valence-electron chi connectivity index (χ2n) is 0.757. The van der Waals surface area contributed by atoms with Gasteiger partial charge in [-0.25, -0.2) is 0 Å². The minimum atomic E-state index is -1.50. The number of rotatable bonds is 0. The number of hydrogen-bond acceptors (Lipinski definition) is 3. The zero-order valence-corrected chi connectivity index (χ0v) is 11.4. The van der Waals surface area contributed by atoms with Gasteiger partial charge in [0.05, 0.1) is 0 Å². The van der Waals surface area contributed by atoms with E-state index in [0.29, 0.717) is 0 Å². The van der Waals surface area contributed by atoms with Crippen molar-refractivity contribution in [1.29, 1.82) is 0 Å². The van der Waals surface area contributed by atoms with Gasteiger partial charge in [-0.3, -0.25) is 4.79 Å². The topological polar surface area (TPSA) is 101 Å². The van der Waals surface area contributed by atoms with Gasteiger partial charge >= 0.3 is 0 Å². The molecule has 0 unspecified atom stereocenters. The van der Waals surface area contributed by atoms with E-state index in [-0.39, 0.29) is 39.0 Å². The van der Waals surface area contributed by atoms with Crippen molar-refractivity contribution in [3.63, 3.8) is 0 Å². The van der Waals surface area contributed by atoms with E-state index in [1.807, 2.05) is 0 Å². The Labute approximate surface area is 82.2 Å². The fourth-order valence-electron chi connectivity index (χ4n) is 0. The van der Waals surface area contributed by atoms with E-state index in [1.165, 1.54) is 0 Å². The molecule has 0 aliphatic carbocycles. The minimum absolute atomic E-state index is 0. The monoisotopic (exact) mass is 251 g/mol. The Morgan fingerprint density at radius 3 is 1.50 bits per heavy atom. The molecule has 8 heteroatoms. The van der Waals surface area contributed by atoms with Crippen LogP contribution in [0.15, 0.2) is 0 Å². The molecule has 0 saturated carbocycles. The Morgan fingerprint density at radius 1 is 1.50 bits per heavy atom. The summed E-state index contributed by atoms with van der Waals surface area (Å²) in [6.07, 6.45) is 0. The molecule has 0 bridgehead atoms. The summed E-state index contributed by atoms with van der Waals surface area (Å²) in [7, 11) is 0. The van der Waals surface area contributed by atoms with Crippen LogP contribution < -0.4 is 0 Å². The summed E-state index contributed by atoms with van der Waals surface area (Å²) >= 11 is 0. The summed E-state index contributed by atoms with van der Waals surface area (Å²) in [5.74, 6) is -0.833. The molecule has 0 aromatic heterocycles. The van der Waals surface area contributed by atoms with Gasteiger partial charge in [-0.05, 0) is 0 Å². The third-order valence-electron chi connectivity index (χ3n) is 0. The first kappa shape index (κ1) is 22.5. The second kappa shape index (κ2) is 16.0. The van der Waals surface area contributed by atoms with Crippen LogP contribution in [0.25, 0.3) is 0 Å². The largest absolute Gasteiger partial charge is 0.481 e. The second-order valence-corrected chi connectivity index (χ2v) is 0.757. The van der Waals surface area contributed by atoms with Crippen LogP contribution in [0.2, 0.25) is 0 Å². The number of carboxylic acid groups (broad SMARTS) is 1. The Bertz CT molecular complexity index is 75.6. The summed E-state index contributed by atoms with van der Waals surface area (Å²) in [6, 6.07) is 0. The molecule has 0 amide bonds. The van der Waals surface area contributed by atoms with E-state index in [9.17, 15) is 0 Å². The maximum absolute atomic E-state index is 9.00. The number of carbonyl (C=O) groups is 1. The molecule has 0 aromatic rings. The standard InChI is InChI=1S/C2H4O2.HNO3.2Zn/c1-2(3)4;2-1(3)4;;/h1H3,(H,3,4);(H,2,3,4);;. The van der Waals surface area contributed by atoms with Crippen molar-refractivity contribution in [3.05, 3.63) is 10.1 Å². The first-order valence-electron chi connectivity index (χ1n) is 1.49. The van der Waals surface area contributed by atoms with Gasteiger partial charge in [0, 0.05) is 45.9 Å². The van der Waals surface area contributed by atoms with Gasteiger partial charge in [0.1, 0.15) is 0 Å². The SMILES string of the molecule is CC(=O)O.O=[N+]([O-])O.[Zn].[Zn]. The van der Waals surface area contributed by atoms with Crippen LogP contribution in [0.5, 0.6) is 0 Å². The van der Waals surface area contributed by atoms with Crippen LogP contribution in [-0.4, -0.2) is 21.4 Å². The van der Waals surface area contributed by atoms with E-state index in [1.54, 1.807) is 0 Å². The van der Waals surface area contributed by atoms with Crippen LogP contribution >= 0.6 is 0 Å². The van der Waals surface area contributed by atoms with E-state index in [4.69, 9.17) is 25.2 Å². The molecule has 0 heterocycles. The van der Waals surface area contributed by atoms with Gasteiger partial charge in [-0.1, -0.05) is 0 Å². The van der Waals surface area contributed by atoms with Gasteiger partial charge in [0.25, 0.3) is 11.1 Å². The smallest absolute Gasteiger partial charge is 0.300 e. The van der Waals surface area contributed by atoms with Crippen LogP contribution in [0.4, 0.5) is 0 Å². The first-order chi connectivity index (χ1) is 3.46. The van der Waals surface area contributed by atoms with Crippen molar-refractivity contribution in [1.82, 2.24) is 0 Å². The number of aliphatic carboxylic acids is 1. The summed E-state index contributed by atoms with van der Waals surface area (Å²) in [6.45, 7) is 1.08. The summed E-state index contributed by atoms with van der Waals surface area (Å²) in [4.78, 5) is 17.4. The molecule has 0 aliphatic heterocycles. The molecular formula is C2H5NO5Zn2. The number of nitrogens with zero attached hydrogens (tertiary/aromatic N) is 1. The zero-order valence-electron chi connectivity index (χ0n) is 5.48. The van der Waals surface area contributed by atoms with Crippen molar-refractivity contribution >= 4 is 5.97 Å². The maximum atomic E-state index is 9.00. The van der Waals surface area contributed by atoms with Crippen molar-refractivity contribution in [2.24, 2.45) is 0 Å². The van der Waals surface area contributed by atoms with Gasteiger partial charge in [-0.15, -0.1) is 10.1 Å². The van der Waals surface area contributed by atoms with E-state index < -0.39 is 11.1 Å². The van der Waals surface area contributed by atoms with E-state index in [0.717, 1.165) is 6.92 Å². The molecule has 0 fully saturated rings. The van der Waals surface area contributed by atoms with Crippen LogP contribution in [0, 0.1) is 10.1 Å². The molecular weight excluding hydrogens is 249 g/mol. The predicted octanol–water partition coefficient (Wildman–Crippen LogP) is -0.262. The molecule has 0 aliphatic rings. The van der Waals surface area contributed by atoms with Crippen molar-refractivity contribution in [2.45, 2.75) is 6.92 Å². The van der Waals surface area contributed by atoms with Gasteiger partial charge in [0.15, 0.2) is 0 Å². The van der Waals surface area contributed by atoms with Crippen LogP contribution in [0.3, 0.4) is 0 Å². The molecule has 0 atom stereocenters. The third-order valence-corrected chi connectivity index (χ3v) is 0. The molecule has 52 valence electrons. The summed E-state index contributed by atoms with van der Waals surface area (Å²) in [5.41, 5.74) is 0. The fraction of sp³-hybridized carbons (Fsp3) is 0.500. The van der Waals surface area contributed by atoms with Gasteiger partial charge in [0.2, 0.25) is 0 Å². The molecule has 6 nitrogen and oxygen atoms in total. The van der Waals surface area contributed by atoms with Crippen molar-refractivity contribution < 1.29 is 59.2 Å². The molecule has 0 rings (SSSR count). The van der Waals surface area contributed by atoms with Crippen LogP contribution in [-0.2, 0) is 43.8 Å². The Balaban J connectivity index is -0.0000000300. The molecule has 0 radical (unpaired) electrons. The Hall–Kier alpha value is -0.0832. The van der Waals surface area contributed by atoms with E-state index >= 15 is 0 Å². The normalized spacial score (nSPS) is 4.90. The van der Waals surface area contributed by atoms with E-state index in [2.05, 4.69) is 0 Å². The van der Waals surface area contributed by atoms with Crippen molar-refractivity contribution in [3.8, 4) is 0 Å². The molecule has 2 N–H and O–H groups in total. The molecule has 0 saturated heterocycles. The Kier molecular flexibility index (Phi) is 36.0. The van der Waals surface area contributed by atoms with Crippen molar-refractivity contribution in [2.75, 3.05) is 0 Å². The first-order valence-corrected chi connectivity index (χ1v) is 1.49. The van der Waals surface area contributed by atoms with Crippen LogP contribution in [0.1, 0.15) is 6.92 Å². The molecule has 10 heavy (non-hydrogen) atoms. The third kappa shape index (κ3) is 54700. The number of carboxylic acids is 1. The average molecular weight is 254 g/mol. The minimum Gasteiger partial charge on any atom is -0.481 e. The zero-order chi connectivity index (χ0) is 7.15. The summed E-state index contributed by atoms with van der Waals surface area (Å²) < 4.78 is 0. The average Bonchev–Trinajstić information content (AvgIpc) is 1.25.